The molecule has 72 valence electrons. The van der Waals surface area contributed by atoms with Crippen LogP contribution in [0.3, 0.4) is 0 Å². The molecule has 2 rings (SSSR count). The molecule has 1 heterocycles. The normalized spacial score (nSPS) is 33.2. The number of amides is 1. The van der Waals surface area contributed by atoms with Crippen LogP contribution in [-0.4, -0.2) is 34.5 Å². The fourth-order valence-corrected chi connectivity index (χ4v) is 2.49. The Morgan fingerprint density at radius 3 is 2.92 bits per heavy atom. The van der Waals surface area contributed by atoms with E-state index < -0.39 is 6.09 Å². The fraction of sp³-hybridized carbons (Fsp3) is 0.778. The van der Waals surface area contributed by atoms with Gasteiger partial charge in [-0.3, -0.25) is 4.79 Å². The molecule has 0 aromatic carbocycles. The number of hydrogen-bond acceptors (Lipinski definition) is 2. The van der Waals surface area contributed by atoms with Crippen LogP contribution < -0.4 is 0 Å². The molecule has 1 N–H and O–H groups in total. The third-order valence-corrected chi connectivity index (χ3v) is 3.14. The molecule has 1 saturated heterocycles. The highest BCUT2D eigenvalue weighted by molar-refractivity contribution is 5.80. The highest BCUT2D eigenvalue weighted by Crippen LogP contribution is 2.34. The lowest BCUT2D eigenvalue weighted by Gasteiger charge is -2.29. The Kier molecular flexibility index (Phi) is 1.98. The maximum atomic E-state index is 11.1. The summed E-state index contributed by atoms with van der Waals surface area (Å²) in [5.41, 5.74) is 0. The molecule has 0 aromatic heterocycles. The van der Waals surface area contributed by atoms with E-state index in [1.807, 2.05) is 0 Å². The van der Waals surface area contributed by atoms with E-state index in [9.17, 15) is 9.59 Å². The van der Waals surface area contributed by atoms with Gasteiger partial charge in [0, 0.05) is 25.4 Å². The molecule has 0 spiro atoms. The summed E-state index contributed by atoms with van der Waals surface area (Å²) in [6.45, 7) is 0.609. The number of fused-ring (bicyclic) bond motifs is 1. The summed E-state index contributed by atoms with van der Waals surface area (Å²) >= 11 is 0. The van der Waals surface area contributed by atoms with Gasteiger partial charge in [-0.15, -0.1) is 0 Å². The van der Waals surface area contributed by atoms with Gasteiger partial charge in [0.2, 0.25) is 0 Å². The summed E-state index contributed by atoms with van der Waals surface area (Å²) in [6, 6.07) is 0.121. The highest BCUT2D eigenvalue weighted by atomic mass is 16.4. The molecule has 0 bridgehead atoms. The number of likely N-dealkylation sites (tertiary alicyclic amines) is 1. The molecule has 1 saturated carbocycles. The van der Waals surface area contributed by atoms with Gasteiger partial charge in [-0.25, -0.2) is 4.79 Å². The third kappa shape index (κ3) is 1.41. The quantitative estimate of drug-likeness (QED) is 0.612. The van der Waals surface area contributed by atoms with E-state index in [0.29, 0.717) is 31.1 Å². The molecule has 1 aliphatic heterocycles. The van der Waals surface area contributed by atoms with Gasteiger partial charge in [0.1, 0.15) is 5.78 Å². The molecular weight excluding hydrogens is 170 g/mol. The number of hydrogen-bond donors (Lipinski definition) is 1. The van der Waals surface area contributed by atoms with Crippen molar-refractivity contribution >= 4 is 11.9 Å². The predicted octanol–water partition coefficient (Wildman–Crippen LogP) is 1.11. The van der Waals surface area contributed by atoms with E-state index in [1.54, 1.807) is 0 Å². The summed E-state index contributed by atoms with van der Waals surface area (Å²) in [7, 11) is 0. The molecule has 0 radical (unpaired) electrons. The number of rotatable bonds is 0. The van der Waals surface area contributed by atoms with Crippen molar-refractivity contribution < 1.29 is 14.7 Å². The first kappa shape index (κ1) is 8.53. The fourth-order valence-electron chi connectivity index (χ4n) is 2.49. The van der Waals surface area contributed by atoms with Crippen LogP contribution >= 0.6 is 0 Å². The van der Waals surface area contributed by atoms with Crippen LogP contribution in [0, 0.1) is 5.92 Å². The van der Waals surface area contributed by atoms with Gasteiger partial charge in [0.15, 0.2) is 0 Å². The largest absolute Gasteiger partial charge is 0.465 e. The lowest BCUT2D eigenvalue weighted by atomic mass is 9.84. The van der Waals surface area contributed by atoms with Crippen LogP contribution in [0.4, 0.5) is 4.79 Å². The minimum absolute atomic E-state index is 0.121. The van der Waals surface area contributed by atoms with E-state index in [-0.39, 0.29) is 6.04 Å². The number of ketones is 1. The van der Waals surface area contributed by atoms with Crippen molar-refractivity contribution in [1.82, 2.24) is 4.90 Å². The molecule has 2 fully saturated rings. The number of carbonyl (C=O) groups is 2. The van der Waals surface area contributed by atoms with Gasteiger partial charge in [-0.1, -0.05) is 0 Å². The second-order valence-corrected chi connectivity index (χ2v) is 3.87. The zero-order chi connectivity index (χ0) is 9.42. The second kappa shape index (κ2) is 3.01. The van der Waals surface area contributed by atoms with Crippen LogP contribution in [0.15, 0.2) is 0 Å². The maximum absolute atomic E-state index is 11.1. The monoisotopic (exact) mass is 183 g/mol. The summed E-state index contributed by atoms with van der Waals surface area (Å²) in [5, 5.41) is 8.86. The van der Waals surface area contributed by atoms with Crippen LogP contribution in [0.25, 0.3) is 0 Å². The van der Waals surface area contributed by atoms with Gasteiger partial charge in [-0.2, -0.15) is 0 Å². The van der Waals surface area contributed by atoms with E-state index >= 15 is 0 Å². The van der Waals surface area contributed by atoms with Crippen LogP contribution in [-0.2, 0) is 4.79 Å². The first-order valence-electron chi connectivity index (χ1n) is 4.70. The van der Waals surface area contributed by atoms with E-state index in [0.717, 1.165) is 12.8 Å². The first-order valence-corrected chi connectivity index (χ1v) is 4.70. The maximum Gasteiger partial charge on any atom is 0.407 e. The summed E-state index contributed by atoms with van der Waals surface area (Å²) < 4.78 is 0. The zero-order valence-electron chi connectivity index (χ0n) is 7.40. The van der Waals surface area contributed by atoms with Crippen molar-refractivity contribution in [1.29, 1.82) is 0 Å². The van der Waals surface area contributed by atoms with Gasteiger partial charge in [0.05, 0.1) is 0 Å². The molecule has 13 heavy (non-hydrogen) atoms. The molecule has 0 aromatic rings. The second-order valence-electron chi connectivity index (χ2n) is 3.87. The van der Waals surface area contributed by atoms with Crippen molar-refractivity contribution in [2.45, 2.75) is 31.7 Å². The molecular formula is C9H13NO3. The molecule has 2 atom stereocenters. The van der Waals surface area contributed by atoms with Crippen molar-refractivity contribution in [3.05, 3.63) is 0 Å². The topological polar surface area (TPSA) is 57.6 Å². The summed E-state index contributed by atoms with van der Waals surface area (Å²) in [6.07, 6.45) is 1.92. The lowest BCUT2D eigenvalue weighted by Crippen LogP contribution is -2.39. The number of Topliss-reactive ketones (excluding diaryl/α,β-unsaturated/α-hetero) is 1. The number of carbonyl (C=O) groups excluding carboxylic acids is 1. The Morgan fingerprint density at radius 1 is 1.46 bits per heavy atom. The van der Waals surface area contributed by atoms with E-state index in [2.05, 4.69) is 0 Å². The molecule has 4 heteroatoms. The minimum Gasteiger partial charge on any atom is -0.465 e. The Hall–Kier alpha value is -1.06. The van der Waals surface area contributed by atoms with Crippen molar-refractivity contribution in [2.24, 2.45) is 5.92 Å². The van der Waals surface area contributed by atoms with Crippen LogP contribution in [0.5, 0.6) is 0 Å². The molecule has 2 unspecified atom stereocenters. The third-order valence-electron chi connectivity index (χ3n) is 3.14. The van der Waals surface area contributed by atoms with Gasteiger partial charge < -0.3 is 10.0 Å². The first-order chi connectivity index (χ1) is 6.18. The van der Waals surface area contributed by atoms with Gasteiger partial charge >= 0.3 is 6.09 Å². The Morgan fingerprint density at radius 2 is 2.23 bits per heavy atom. The highest BCUT2D eigenvalue weighted by Gasteiger charge is 2.40. The van der Waals surface area contributed by atoms with Crippen molar-refractivity contribution in [2.75, 3.05) is 6.54 Å². The van der Waals surface area contributed by atoms with Crippen molar-refractivity contribution in [3.8, 4) is 0 Å². The Labute approximate surface area is 76.5 Å². The van der Waals surface area contributed by atoms with Gasteiger partial charge in [-0.05, 0) is 18.8 Å². The van der Waals surface area contributed by atoms with Crippen LogP contribution in [0.1, 0.15) is 25.7 Å². The number of nitrogens with zero attached hydrogens (tertiary/aromatic N) is 1. The Bertz CT molecular complexity index is 251. The molecule has 1 amide bonds. The van der Waals surface area contributed by atoms with Gasteiger partial charge in [0.25, 0.3) is 0 Å². The van der Waals surface area contributed by atoms with E-state index in [1.165, 1.54) is 4.90 Å². The number of carboxylic acid groups (broad SMARTS) is 1. The molecule has 4 nitrogen and oxygen atoms in total. The molecule has 1 aliphatic carbocycles. The SMILES string of the molecule is O=C1CCC2C(CCN2C(=O)O)C1. The predicted molar refractivity (Wildman–Crippen MR) is 45.5 cm³/mol. The summed E-state index contributed by atoms with van der Waals surface area (Å²) in [4.78, 5) is 23.4. The average molecular weight is 183 g/mol. The Balaban J connectivity index is 2.08. The van der Waals surface area contributed by atoms with Crippen LogP contribution in [0.2, 0.25) is 0 Å². The smallest absolute Gasteiger partial charge is 0.407 e. The average Bonchev–Trinajstić information content (AvgIpc) is 2.46. The minimum atomic E-state index is -0.832. The summed E-state index contributed by atoms with van der Waals surface area (Å²) in [5.74, 6) is 0.603. The van der Waals surface area contributed by atoms with Crippen molar-refractivity contribution in [3.63, 3.8) is 0 Å². The zero-order valence-corrected chi connectivity index (χ0v) is 7.40. The van der Waals surface area contributed by atoms with E-state index in [4.69, 9.17) is 5.11 Å². The molecule has 2 aliphatic rings. The standard InChI is InChI=1S/C9H13NO3/c11-7-1-2-8-6(5-7)3-4-10(8)9(12)13/h6,8H,1-5H2,(H,12,13). The lowest BCUT2D eigenvalue weighted by molar-refractivity contribution is -0.122.